The molecule has 0 saturated carbocycles. The van der Waals surface area contributed by atoms with Gasteiger partial charge in [-0.05, 0) is 59.0 Å². The van der Waals surface area contributed by atoms with Crippen molar-refractivity contribution in [2.24, 2.45) is 4.99 Å². The number of aliphatic imine (C=N–C) groups is 1. The molecule has 0 fully saturated rings. The van der Waals surface area contributed by atoms with Crippen molar-refractivity contribution in [3.63, 3.8) is 0 Å². The summed E-state index contributed by atoms with van der Waals surface area (Å²) in [5.74, 6) is 0. The third kappa shape index (κ3) is 4.22. The van der Waals surface area contributed by atoms with Crippen LogP contribution in [0.25, 0.3) is 44.1 Å². The van der Waals surface area contributed by atoms with Crippen LogP contribution in [0.3, 0.4) is 0 Å². The molecule has 1 N–H and O–H groups in total. The Balaban J connectivity index is 1.16. The van der Waals surface area contributed by atoms with Crippen LogP contribution in [-0.2, 0) is 0 Å². The predicted molar refractivity (Wildman–Crippen MR) is 203 cm³/mol. The Bertz CT molecular complexity index is 2530. The van der Waals surface area contributed by atoms with Gasteiger partial charge in [0.2, 0.25) is 0 Å². The maximum Gasteiger partial charge on any atom is 0.139 e. The molecule has 1 aliphatic carbocycles. The van der Waals surface area contributed by atoms with Crippen molar-refractivity contribution < 1.29 is 4.42 Å². The molecule has 226 valence electrons. The third-order valence-electron chi connectivity index (χ3n) is 9.77. The second kappa shape index (κ2) is 10.9. The van der Waals surface area contributed by atoms with Crippen LogP contribution in [0.5, 0.6) is 0 Å². The summed E-state index contributed by atoms with van der Waals surface area (Å²) in [5.41, 5.74) is 9.55. The molecule has 1 atom stereocenters. The van der Waals surface area contributed by atoms with Gasteiger partial charge >= 0.3 is 0 Å². The van der Waals surface area contributed by atoms with E-state index < -0.39 is 7.92 Å². The van der Waals surface area contributed by atoms with Crippen molar-refractivity contribution in [3.8, 4) is 0 Å². The van der Waals surface area contributed by atoms with Crippen molar-refractivity contribution in [2.75, 3.05) is 0 Å². The van der Waals surface area contributed by atoms with Gasteiger partial charge in [0, 0.05) is 33.4 Å². The smallest absolute Gasteiger partial charge is 0.139 e. The van der Waals surface area contributed by atoms with Gasteiger partial charge in [-0.2, -0.15) is 0 Å². The largest absolute Gasteiger partial charge is 0.456 e. The van der Waals surface area contributed by atoms with Gasteiger partial charge in [-0.25, -0.2) is 4.99 Å². The summed E-state index contributed by atoms with van der Waals surface area (Å²) in [6, 6.07) is 58.6. The highest BCUT2D eigenvalue weighted by Gasteiger charge is 2.35. The Morgan fingerprint density at radius 2 is 1.19 bits per heavy atom. The molecule has 48 heavy (non-hydrogen) atoms. The fraction of sp³-hybridized carbons (Fsp3) is 0.0227. The van der Waals surface area contributed by atoms with Gasteiger partial charge in [-0.3, -0.25) is 0 Å². The Labute approximate surface area is 279 Å². The van der Waals surface area contributed by atoms with Crippen molar-refractivity contribution in [1.82, 2.24) is 5.32 Å². The number of furan rings is 1. The lowest BCUT2D eigenvalue weighted by molar-refractivity contribution is 0.669. The first kappa shape index (κ1) is 27.4. The molecule has 0 radical (unpaired) electrons. The van der Waals surface area contributed by atoms with Gasteiger partial charge in [0.1, 0.15) is 27.1 Å². The molecule has 3 nitrogen and oxygen atoms in total. The van der Waals surface area contributed by atoms with E-state index in [0.29, 0.717) is 0 Å². The SMILES string of the molecule is c1ccc(C2=NC3=C(NC2c2ccccc2)c2cc4oc5cc([PH+](c6ccccc6)c6ccccc6)ccc5c4c4cccc3c24)cc1. The Morgan fingerprint density at radius 1 is 0.521 bits per heavy atom. The van der Waals surface area contributed by atoms with Crippen LogP contribution >= 0.6 is 7.92 Å². The molecule has 1 aromatic heterocycles. The number of rotatable bonds is 5. The summed E-state index contributed by atoms with van der Waals surface area (Å²) >= 11 is 0. The van der Waals surface area contributed by atoms with Crippen LogP contribution in [0.2, 0.25) is 0 Å². The van der Waals surface area contributed by atoms with Gasteiger partial charge in [0.05, 0.1) is 31.1 Å². The fourth-order valence-corrected chi connectivity index (χ4v) is 10.2. The van der Waals surface area contributed by atoms with E-state index in [1.54, 1.807) is 0 Å². The molecule has 1 aliphatic heterocycles. The second-order valence-electron chi connectivity index (χ2n) is 12.5. The van der Waals surface area contributed by atoms with Crippen LogP contribution in [-0.4, -0.2) is 5.71 Å². The quantitative estimate of drug-likeness (QED) is 0.192. The van der Waals surface area contributed by atoms with Gasteiger partial charge in [0.25, 0.3) is 0 Å². The number of hydrogen-bond acceptors (Lipinski definition) is 3. The van der Waals surface area contributed by atoms with E-state index in [4.69, 9.17) is 9.41 Å². The van der Waals surface area contributed by atoms with E-state index in [9.17, 15) is 0 Å². The zero-order valence-corrected chi connectivity index (χ0v) is 27.0. The van der Waals surface area contributed by atoms with Crippen molar-refractivity contribution >= 4 is 73.7 Å². The lowest BCUT2D eigenvalue weighted by Crippen LogP contribution is -2.31. The highest BCUT2D eigenvalue weighted by molar-refractivity contribution is 7.79. The van der Waals surface area contributed by atoms with Gasteiger partial charge in [-0.15, -0.1) is 0 Å². The molecule has 0 bridgehead atoms. The molecule has 7 aromatic carbocycles. The van der Waals surface area contributed by atoms with E-state index in [2.05, 4.69) is 169 Å². The Hall–Kier alpha value is -5.76. The zero-order chi connectivity index (χ0) is 31.6. The minimum Gasteiger partial charge on any atom is -0.456 e. The molecular weight excluding hydrogens is 603 g/mol. The first-order valence-corrected chi connectivity index (χ1v) is 17.9. The summed E-state index contributed by atoms with van der Waals surface area (Å²) in [5, 5.41) is 12.7. The number of fused-ring (bicyclic) bond motifs is 6. The van der Waals surface area contributed by atoms with E-state index in [1.165, 1.54) is 32.2 Å². The number of benzene rings is 7. The number of nitrogens with one attached hydrogen (secondary N) is 1. The molecule has 0 amide bonds. The van der Waals surface area contributed by atoms with Crippen molar-refractivity contribution in [1.29, 1.82) is 0 Å². The van der Waals surface area contributed by atoms with Crippen LogP contribution in [0, 0.1) is 0 Å². The van der Waals surface area contributed by atoms with Crippen molar-refractivity contribution in [3.05, 3.63) is 186 Å². The minimum absolute atomic E-state index is 0.0813. The van der Waals surface area contributed by atoms with Crippen LogP contribution < -0.4 is 21.2 Å². The van der Waals surface area contributed by atoms with E-state index in [1.807, 2.05) is 0 Å². The van der Waals surface area contributed by atoms with Crippen molar-refractivity contribution in [2.45, 2.75) is 6.04 Å². The lowest BCUT2D eigenvalue weighted by Gasteiger charge is -2.28. The minimum atomic E-state index is -1.22. The summed E-state index contributed by atoms with van der Waals surface area (Å²) in [6.45, 7) is 0. The van der Waals surface area contributed by atoms with Crippen LogP contribution in [0.4, 0.5) is 0 Å². The Morgan fingerprint density at radius 3 is 1.90 bits per heavy atom. The van der Waals surface area contributed by atoms with E-state index in [-0.39, 0.29) is 6.04 Å². The van der Waals surface area contributed by atoms with Gasteiger partial charge < -0.3 is 9.73 Å². The van der Waals surface area contributed by atoms with Gasteiger partial charge in [0.15, 0.2) is 0 Å². The number of nitrogens with zero attached hydrogens (tertiary/aromatic N) is 1. The fourth-order valence-electron chi connectivity index (χ4n) is 7.66. The van der Waals surface area contributed by atoms with Gasteiger partial charge in [-0.1, -0.05) is 115 Å². The highest BCUT2D eigenvalue weighted by atomic mass is 31.1. The maximum atomic E-state index is 6.80. The third-order valence-corrected chi connectivity index (χ3v) is 12.5. The topological polar surface area (TPSA) is 37.5 Å². The first-order chi connectivity index (χ1) is 23.8. The monoisotopic (exact) mass is 633 g/mol. The standard InChI is InChI=1S/C44H29N2OP/c1-5-14-28(15-6-1)41-42(29-16-7-2-8-17-29)46-44-36-27-38-40(34-22-13-23-35(39(34)36)43(44)45-41)33-25-24-32(26-37(33)47-38)48(30-18-9-3-10-19-30)31-20-11-4-12-21-31/h1-27,42,46H/p+1. The lowest BCUT2D eigenvalue weighted by atomic mass is 9.94. The molecule has 8 aromatic rings. The summed E-state index contributed by atoms with van der Waals surface area (Å²) in [4.78, 5) is 5.44. The highest BCUT2D eigenvalue weighted by Crippen LogP contribution is 2.49. The molecule has 2 aliphatic rings. The normalized spacial score (nSPS) is 15.3. The van der Waals surface area contributed by atoms with Crippen LogP contribution in [0.15, 0.2) is 173 Å². The first-order valence-electron chi connectivity index (χ1n) is 16.4. The van der Waals surface area contributed by atoms with Crippen LogP contribution in [0.1, 0.15) is 28.3 Å². The summed E-state index contributed by atoms with van der Waals surface area (Å²) in [6.07, 6.45) is 0. The van der Waals surface area contributed by atoms with E-state index in [0.717, 1.165) is 55.7 Å². The maximum absolute atomic E-state index is 6.80. The Kier molecular flexibility index (Phi) is 6.22. The summed E-state index contributed by atoms with van der Waals surface area (Å²) in [7, 11) is -1.22. The van der Waals surface area contributed by atoms with E-state index >= 15 is 0 Å². The zero-order valence-electron chi connectivity index (χ0n) is 26.0. The number of hydrogen-bond donors (Lipinski definition) is 1. The average molecular weight is 634 g/mol. The average Bonchev–Trinajstić information content (AvgIpc) is 3.68. The molecule has 4 heteroatoms. The molecule has 10 rings (SSSR count). The molecule has 1 unspecified atom stereocenters. The molecule has 2 heterocycles. The molecule has 0 saturated heterocycles. The molecule has 0 spiro atoms. The predicted octanol–water partition coefficient (Wildman–Crippen LogP) is 9.20. The summed E-state index contributed by atoms with van der Waals surface area (Å²) < 4.78 is 6.80. The molecular formula is C44H30N2OP+. The second-order valence-corrected chi connectivity index (χ2v) is 15.0.